The van der Waals surface area contributed by atoms with E-state index in [0.717, 1.165) is 4.68 Å². The summed E-state index contributed by atoms with van der Waals surface area (Å²) in [6.07, 6.45) is 1.63. The third-order valence-electron chi connectivity index (χ3n) is 3.14. The van der Waals surface area contributed by atoms with Crippen LogP contribution in [0.2, 0.25) is 0 Å². The SMILES string of the molecule is O=C(Nc1cnn(COCC(F)(F)F)c1)c1ccc(Cn2cccn2)o1. The van der Waals surface area contributed by atoms with E-state index in [4.69, 9.17) is 4.42 Å². The van der Waals surface area contributed by atoms with Crippen molar-refractivity contribution < 1.29 is 27.1 Å². The van der Waals surface area contributed by atoms with Crippen LogP contribution in [0.5, 0.6) is 0 Å². The number of anilines is 1. The van der Waals surface area contributed by atoms with Crippen LogP contribution in [0.4, 0.5) is 18.9 Å². The fourth-order valence-electron chi connectivity index (χ4n) is 2.08. The van der Waals surface area contributed by atoms with Crippen LogP contribution in [0, 0.1) is 0 Å². The first-order valence-electron chi connectivity index (χ1n) is 7.43. The van der Waals surface area contributed by atoms with Crippen LogP contribution in [-0.4, -0.2) is 38.3 Å². The Morgan fingerprint density at radius 2 is 2.12 bits per heavy atom. The summed E-state index contributed by atoms with van der Waals surface area (Å²) in [5, 5.41) is 10.4. The van der Waals surface area contributed by atoms with E-state index in [1.165, 1.54) is 18.5 Å². The highest BCUT2D eigenvalue weighted by Crippen LogP contribution is 2.15. The third-order valence-corrected chi connectivity index (χ3v) is 3.14. The Morgan fingerprint density at radius 1 is 1.27 bits per heavy atom. The fourth-order valence-corrected chi connectivity index (χ4v) is 2.08. The van der Waals surface area contributed by atoms with Crippen molar-refractivity contribution in [2.24, 2.45) is 0 Å². The van der Waals surface area contributed by atoms with Gasteiger partial charge in [-0.05, 0) is 18.2 Å². The number of nitrogens with zero attached hydrogens (tertiary/aromatic N) is 4. The van der Waals surface area contributed by atoms with Crippen molar-refractivity contribution in [2.75, 3.05) is 11.9 Å². The Morgan fingerprint density at radius 3 is 2.85 bits per heavy atom. The Hall–Kier alpha value is -3.08. The number of hydrogen-bond acceptors (Lipinski definition) is 5. The molecule has 0 bridgehead atoms. The number of nitrogens with one attached hydrogen (secondary N) is 1. The zero-order valence-electron chi connectivity index (χ0n) is 13.3. The lowest BCUT2D eigenvalue weighted by Gasteiger charge is -2.07. The maximum atomic E-state index is 12.1. The van der Waals surface area contributed by atoms with Crippen LogP contribution in [0.15, 0.2) is 47.4 Å². The van der Waals surface area contributed by atoms with Crippen molar-refractivity contribution in [3.63, 3.8) is 0 Å². The van der Waals surface area contributed by atoms with Gasteiger partial charge in [-0.25, -0.2) is 4.68 Å². The standard InChI is InChI=1S/C15H14F3N5O3/c16-15(17,18)9-25-10-23-7-11(6-20-23)21-14(24)13-3-2-12(26-13)8-22-5-1-4-19-22/h1-7H,8-10H2,(H,21,24). The van der Waals surface area contributed by atoms with E-state index < -0.39 is 18.7 Å². The van der Waals surface area contributed by atoms with E-state index in [-0.39, 0.29) is 12.5 Å². The van der Waals surface area contributed by atoms with Gasteiger partial charge >= 0.3 is 6.18 Å². The predicted octanol–water partition coefficient (Wildman–Crippen LogP) is 2.51. The Bertz CT molecular complexity index is 854. The van der Waals surface area contributed by atoms with Crippen molar-refractivity contribution >= 4 is 11.6 Å². The van der Waals surface area contributed by atoms with Gasteiger partial charge in [0.15, 0.2) is 5.76 Å². The molecule has 0 radical (unpaired) electrons. The van der Waals surface area contributed by atoms with Gasteiger partial charge in [0.1, 0.15) is 19.1 Å². The summed E-state index contributed by atoms with van der Waals surface area (Å²) in [7, 11) is 0. The zero-order valence-corrected chi connectivity index (χ0v) is 13.3. The maximum Gasteiger partial charge on any atom is 0.411 e. The summed E-state index contributed by atoms with van der Waals surface area (Å²) in [5.41, 5.74) is 0.302. The summed E-state index contributed by atoms with van der Waals surface area (Å²) >= 11 is 0. The summed E-state index contributed by atoms with van der Waals surface area (Å²) in [4.78, 5) is 12.1. The number of halogens is 3. The first-order chi connectivity index (χ1) is 12.4. The molecule has 8 nitrogen and oxygen atoms in total. The van der Waals surface area contributed by atoms with Crippen molar-refractivity contribution in [3.05, 3.63) is 54.5 Å². The normalized spacial score (nSPS) is 11.7. The molecule has 0 aromatic carbocycles. The van der Waals surface area contributed by atoms with Crippen LogP contribution in [-0.2, 0) is 18.0 Å². The minimum atomic E-state index is -4.41. The summed E-state index contributed by atoms with van der Waals surface area (Å²) in [5.74, 6) is 0.135. The highest BCUT2D eigenvalue weighted by Gasteiger charge is 2.27. The molecule has 138 valence electrons. The number of alkyl halides is 3. The average molecular weight is 369 g/mol. The van der Waals surface area contributed by atoms with E-state index in [9.17, 15) is 18.0 Å². The topological polar surface area (TPSA) is 87.1 Å². The number of hydrogen-bond donors (Lipinski definition) is 1. The van der Waals surface area contributed by atoms with Crippen molar-refractivity contribution in [2.45, 2.75) is 19.5 Å². The molecular weight excluding hydrogens is 355 g/mol. The van der Waals surface area contributed by atoms with Crippen molar-refractivity contribution in [1.29, 1.82) is 0 Å². The summed E-state index contributed by atoms with van der Waals surface area (Å²) < 4.78 is 48.8. The predicted molar refractivity (Wildman–Crippen MR) is 82.2 cm³/mol. The molecule has 26 heavy (non-hydrogen) atoms. The molecule has 1 N–H and O–H groups in total. The highest BCUT2D eigenvalue weighted by atomic mass is 19.4. The van der Waals surface area contributed by atoms with E-state index in [1.54, 1.807) is 29.2 Å². The molecule has 0 aliphatic rings. The van der Waals surface area contributed by atoms with Gasteiger partial charge in [-0.1, -0.05) is 0 Å². The second-order valence-corrected chi connectivity index (χ2v) is 5.28. The average Bonchev–Trinajstić information content (AvgIpc) is 3.29. The van der Waals surface area contributed by atoms with Crippen LogP contribution in [0.25, 0.3) is 0 Å². The van der Waals surface area contributed by atoms with E-state index in [1.807, 2.05) is 0 Å². The number of furan rings is 1. The number of amides is 1. The quantitative estimate of drug-likeness (QED) is 0.692. The van der Waals surface area contributed by atoms with E-state index in [0.29, 0.717) is 18.0 Å². The Labute approximate surface area is 145 Å². The molecule has 0 saturated carbocycles. The number of rotatable bonds is 7. The van der Waals surface area contributed by atoms with Crippen molar-refractivity contribution in [1.82, 2.24) is 19.6 Å². The Kier molecular flexibility index (Phi) is 5.07. The fraction of sp³-hybridized carbons (Fsp3) is 0.267. The third kappa shape index (κ3) is 4.96. The second-order valence-electron chi connectivity index (χ2n) is 5.28. The maximum absolute atomic E-state index is 12.1. The molecule has 3 rings (SSSR count). The molecule has 0 unspecified atom stereocenters. The lowest BCUT2D eigenvalue weighted by atomic mass is 10.4. The molecule has 0 aliphatic carbocycles. The molecule has 3 heterocycles. The molecular formula is C15H14F3N5O3. The second kappa shape index (κ2) is 7.44. The van der Waals surface area contributed by atoms with Gasteiger partial charge in [0, 0.05) is 12.4 Å². The van der Waals surface area contributed by atoms with Crippen LogP contribution in [0.1, 0.15) is 16.3 Å². The molecule has 0 spiro atoms. The van der Waals surface area contributed by atoms with Gasteiger partial charge in [-0.2, -0.15) is 23.4 Å². The highest BCUT2D eigenvalue weighted by molar-refractivity contribution is 6.02. The Balaban J connectivity index is 1.53. The molecule has 0 aliphatic heterocycles. The molecule has 1 amide bonds. The molecule has 11 heteroatoms. The molecule has 3 aromatic rings. The lowest BCUT2D eigenvalue weighted by Crippen LogP contribution is -2.18. The van der Waals surface area contributed by atoms with Gasteiger partial charge in [-0.15, -0.1) is 0 Å². The summed E-state index contributed by atoms with van der Waals surface area (Å²) in [6, 6.07) is 4.95. The lowest BCUT2D eigenvalue weighted by molar-refractivity contribution is -0.182. The van der Waals surface area contributed by atoms with Crippen LogP contribution in [0.3, 0.4) is 0 Å². The number of carbonyl (C=O) groups excluding carboxylic acids is 1. The molecule has 3 aromatic heterocycles. The number of ether oxygens (including phenoxy) is 1. The molecule has 0 saturated heterocycles. The first-order valence-corrected chi connectivity index (χ1v) is 7.43. The minimum absolute atomic E-state index is 0.0910. The largest absolute Gasteiger partial charge is 0.454 e. The zero-order chi connectivity index (χ0) is 18.6. The minimum Gasteiger partial charge on any atom is -0.454 e. The summed E-state index contributed by atoms with van der Waals surface area (Å²) in [6.45, 7) is -1.38. The van der Waals surface area contributed by atoms with E-state index >= 15 is 0 Å². The molecule has 0 fully saturated rings. The number of aromatic nitrogens is 4. The van der Waals surface area contributed by atoms with Gasteiger partial charge in [0.2, 0.25) is 0 Å². The first kappa shape index (κ1) is 17.7. The monoisotopic (exact) mass is 369 g/mol. The van der Waals surface area contributed by atoms with Gasteiger partial charge in [-0.3, -0.25) is 9.48 Å². The van der Waals surface area contributed by atoms with Gasteiger partial charge in [0.25, 0.3) is 5.91 Å². The number of carbonyl (C=O) groups is 1. The van der Waals surface area contributed by atoms with Crippen molar-refractivity contribution in [3.8, 4) is 0 Å². The van der Waals surface area contributed by atoms with E-state index in [2.05, 4.69) is 20.3 Å². The van der Waals surface area contributed by atoms with Gasteiger partial charge in [0.05, 0.1) is 24.6 Å². The molecule has 0 atom stereocenters. The van der Waals surface area contributed by atoms with Crippen LogP contribution >= 0.6 is 0 Å². The van der Waals surface area contributed by atoms with Crippen LogP contribution < -0.4 is 5.32 Å². The van der Waals surface area contributed by atoms with Gasteiger partial charge < -0.3 is 14.5 Å². The smallest absolute Gasteiger partial charge is 0.411 e.